The van der Waals surface area contributed by atoms with E-state index in [0.29, 0.717) is 0 Å². The van der Waals surface area contributed by atoms with Gasteiger partial charge < -0.3 is 0 Å². The topological polar surface area (TPSA) is 0 Å². The summed E-state index contributed by atoms with van der Waals surface area (Å²) in [5, 5.41) is 1.39. The van der Waals surface area contributed by atoms with E-state index < -0.39 is 50.5 Å². The van der Waals surface area contributed by atoms with E-state index in [2.05, 4.69) is 41.2 Å². The van der Waals surface area contributed by atoms with Crippen LogP contribution in [0.3, 0.4) is 0 Å². The quantitative estimate of drug-likeness (QED) is 0.101. The monoisotopic (exact) mass is 646 g/mol. The van der Waals surface area contributed by atoms with Crippen molar-refractivity contribution in [2.24, 2.45) is 0 Å². The van der Waals surface area contributed by atoms with Crippen molar-refractivity contribution in [3.63, 3.8) is 0 Å². The van der Waals surface area contributed by atoms with Crippen molar-refractivity contribution < 1.29 is 33.0 Å². The first-order valence-corrected chi connectivity index (χ1v) is 16.8. The van der Waals surface area contributed by atoms with Crippen LogP contribution >= 0.6 is 27.2 Å². The molecule has 0 nitrogen and oxygen atoms in total. The predicted molar refractivity (Wildman–Crippen MR) is 114 cm³/mol. The third kappa shape index (κ3) is 6.40. The molecule has 164 valence electrons. The van der Waals surface area contributed by atoms with Gasteiger partial charge in [-0.1, -0.05) is 71.8 Å². The van der Waals surface area contributed by atoms with Crippen LogP contribution in [0.25, 0.3) is 0 Å². The minimum atomic E-state index is -1.73. The summed E-state index contributed by atoms with van der Waals surface area (Å²) in [4.78, 5) is 0. The van der Waals surface area contributed by atoms with Gasteiger partial charge in [0.25, 0.3) is 0 Å². The maximum atomic E-state index is 13.5. The Morgan fingerprint density at radius 3 is 1.28 bits per heavy atom. The van der Waals surface area contributed by atoms with Crippen molar-refractivity contribution in [1.82, 2.24) is 0 Å². The van der Waals surface area contributed by atoms with Gasteiger partial charge in [0.05, 0.1) is 0 Å². The van der Waals surface area contributed by atoms with Crippen LogP contribution in [0.15, 0.2) is 36.2 Å². The number of rotatable bonds is 3. The standard InChI is InChI=1S/C12H6F4.C9H19P.2ClH.Os/c13-9-7-5-1-2-6(4-3-5)8(7)10(14)12(16)11(9)15;1-7(2)10(8(3)4)9(5)6;;;/h1-6H;8-9H,1H2,2-6H3;2*1H;/q;;;;+2/p-2. The molecule has 0 unspecified atom stereocenters. The summed E-state index contributed by atoms with van der Waals surface area (Å²) in [6, 6.07) is 0. The van der Waals surface area contributed by atoms with E-state index in [1.165, 1.54) is 5.31 Å². The summed E-state index contributed by atoms with van der Waals surface area (Å²) in [7, 11) is 9.87. The van der Waals surface area contributed by atoms with Crippen LogP contribution in [0.5, 0.6) is 0 Å². The van der Waals surface area contributed by atoms with Crippen molar-refractivity contribution in [3.8, 4) is 0 Å². The third-order valence-electron chi connectivity index (χ3n) is 4.61. The molecule has 0 spiro atoms. The van der Waals surface area contributed by atoms with Crippen molar-refractivity contribution in [2.45, 2.75) is 57.8 Å². The van der Waals surface area contributed by atoms with Crippen molar-refractivity contribution in [1.29, 1.82) is 0 Å². The van der Waals surface area contributed by atoms with E-state index in [1.54, 1.807) is 24.3 Å². The second-order valence-electron chi connectivity index (χ2n) is 7.29. The first kappa shape index (κ1) is 26.8. The van der Waals surface area contributed by atoms with Gasteiger partial charge in [-0.25, -0.2) is 17.6 Å². The molecule has 1 aromatic carbocycles. The van der Waals surface area contributed by atoms with E-state index in [0.717, 1.165) is 11.3 Å². The van der Waals surface area contributed by atoms with Gasteiger partial charge in [0.1, 0.15) is 0 Å². The Morgan fingerprint density at radius 2 is 1.10 bits per heavy atom. The number of allylic oxidation sites excluding steroid dienone is 5. The van der Waals surface area contributed by atoms with Crippen LogP contribution < -0.4 is 0 Å². The Bertz CT molecular complexity index is 725. The van der Waals surface area contributed by atoms with E-state index >= 15 is 0 Å². The number of benzene rings is 1. The molecule has 0 N–H and O–H groups in total. The average Bonchev–Trinajstić information content (AvgIpc) is 2.65. The molecule has 29 heavy (non-hydrogen) atoms. The first-order chi connectivity index (χ1) is 13.5. The molecule has 4 rings (SSSR count). The summed E-state index contributed by atoms with van der Waals surface area (Å²) < 4.78 is 53.2. The van der Waals surface area contributed by atoms with E-state index in [9.17, 15) is 17.6 Å². The summed E-state index contributed by atoms with van der Waals surface area (Å²) in [6.45, 7) is 15.4. The third-order valence-corrected chi connectivity index (χ3v) is 7.72. The van der Waals surface area contributed by atoms with Crippen LogP contribution in [0.2, 0.25) is 0 Å². The molecule has 0 aliphatic heterocycles. The second kappa shape index (κ2) is 12.0. The Labute approximate surface area is 188 Å². The number of halogens is 6. The average molecular weight is 646 g/mol. The molecule has 0 amide bonds. The molecule has 0 fully saturated rings. The zero-order chi connectivity index (χ0) is 22.5. The minimum absolute atomic E-state index is 0.0679. The maximum absolute atomic E-state index is 13.5. The fourth-order valence-electron chi connectivity index (χ4n) is 3.79. The van der Waals surface area contributed by atoms with Gasteiger partial charge in [0.2, 0.25) is 0 Å². The molecule has 1 aromatic rings. The van der Waals surface area contributed by atoms with Gasteiger partial charge in [-0.2, -0.15) is 0 Å². The summed E-state index contributed by atoms with van der Waals surface area (Å²) in [5.41, 5.74) is 1.44. The van der Waals surface area contributed by atoms with E-state index in [-0.39, 0.29) is 19.0 Å². The molecular weight excluding hydrogens is 620 g/mol. The van der Waals surface area contributed by atoms with Gasteiger partial charge in [-0.15, -0.1) is 0 Å². The molecule has 0 saturated heterocycles. The van der Waals surface area contributed by atoms with Crippen LogP contribution in [-0.4, -0.2) is 11.3 Å². The van der Waals surface area contributed by atoms with Crippen molar-refractivity contribution >= 4 is 27.2 Å². The predicted octanol–water partition coefficient (Wildman–Crippen LogP) is 8.74. The van der Waals surface area contributed by atoms with Crippen LogP contribution in [-0.2, 0) is 15.4 Å². The molecular formula is C21H25Cl2F4OsP. The van der Waals surface area contributed by atoms with Gasteiger partial charge in [0.15, 0.2) is 23.3 Å². The SMILES string of the molecule is C=C(C)P(C(C)C)C(C)C.Fc1c(F)c(F)c2c(c1F)C1C=CC2C=C1.[Cl][Os][Cl]. The number of hydrogen-bond acceptors (Lipinski definition) is 0. The summed E-state index contributed by atoms with van der Waals surface area (Å²) >= 11 is -0.639. The molecule has 0 radical (unpaired) electrons. The summed E-state index contributed by atoms with van der Waals surface area (Å²) in [6.07, 6.45) is 6.64. The molecule has 8 heteroatoms. The van der Waals surface area contributed by atoms with Crippen molar-refractivity contribution in [3.05, 3.63) is 70.6 Å². The van der Waals surface area contributed by atoms with Gasteiger partial charge >= 0.3 is 34.7 Å². The molecule has 2 bridgehead atoms. The van der Waals surface area contributed by atoms with Gasteiger partial charge in [-0.3, -0.25) is 0 Å². The Balaban J connectivity index is 0.000000281. The molecule has 0 heterocycles. The number of hydrogen-bond donors (Lipinski definition) is 0. The van der Waals surface area contributed by atoms with Crippen LogP contribution in [0, 0.1) is 23.3 Å². The van der Waals surface area contributed by atoms with Crippen LogP contribution in [0.4, 0.5) is 17.6 Å². The van der Waals surface area contributed by atoms with E-state index in [1.807, 2.05) is 0 Å². The zero-order valence-corrected chi connectivity index (χ0v) is 21.8. The molecule has 0 saturated carbocycles. The normalized spacial score (nSPS) is 18.6. The first-order valence-electron chi connectivity index (χ1n) is 9.00. The fourth-order valence-corrected chi connectivity index (χ4v) is 6.74. The van der Waals surface area contributed by atoms with Crippen molar-refractivity contribution in [2.75, 3.05) is 0 Å². The zero-order valence-electron chi connectivity index (χ0n) is 16.9. The molecule has 0 atom stereocenters. The molecule has 3 aliphatic carbocycles. The summed E-state index contributed by atoms with van der Waals surface area (Å²) in [5.74, 6) is -7.01. The molecule has 3 aliphatic rings. The molecule has 0 aromatic heterocycles. The second-order valence-corrected chi connectivity index (χ2v) is 14.6. The van der Waals surface area contributed by atoms with Gasteiger partial charge in [-0.05, 0) is 18.2 Å². The Morgan fingerprint density at radius 1 is 0.828 bits per heavy atom. The van der Waals surface area contributed by atoms with E-state index in [4.69, 9.17) is 19.3 Å². The Hall–Kier alpha value is -0.194. The van der Waals surface area contributed by atoms with Gasteiger partial charge in [0, 0.05) is 23.0 Å². The Kier molecular flexibility index (Phi) is 11.1. The fraction of sp³-hybridized carbons (Fsp3) is 0.429. The van der Waals surface area contributed by atoms with Crippen LogP contribution in [0.1, 0.15) is 57.6 Å².